The van der Waals surface area contributed by atoms with Crippen LogP contribution in [0.1, 0.15) is 31.4 Å². The normalized spacial score (nSPS) is 20.5. The molecule has 1 aliphatic carbocycles. The molecule has 2 nitrogen and oxygen atoms in total. The highest BCUT2D eigenvalue weighted by Crippen LogP contribution is 2.35. The zero-order valence-electron chi connectivity index (χ0n) is 7.46. The van der Waals surface area contributed by atoms with E-state index in [2.05, 4.69) is 4.98 Å². The van der Waals surface area contributed by atoms with Crippen molar-refractivity contribution < 1.29 is 4.39 Å². The Labute approximate surface area is 77.0 Å². The zero-order chi connectivity index (χ0) is 9.31. The van der Waals surface area contributed by atoms with Gasteiger partial charge in [-0.15, -0.1) is 0 Å². The van der Waals surface area contributed by atoms with Crippen LogP contribution in [0.25, 0.3) is 0 Å². The number of halogens is 1. The van der Waals surface area contributed by atoms with Crippen LogP contribution < -0.4 is 5.73 Å². The Morgan fingerprint density at radius 1 is 1.38 bits per heavy atom. The van der Waals surface area contributed by atoms with Gasteiger partial charge >= 0.3 is 0 Å². The second kappa shape index (κ2) is 3.07. The van der Waals surface area contributed by atoms with Crippen LogP contribution in [0.2, 0.25) is 0 Å². The summed E-state index contributed by atoms with van der Waals surface area (Å²) in [5.41, 5.74) is 6.01. The summed E-state index contributed by atoms with van der Waals surface area (Å²) in [7, 11) is 0. The van der Waals surface area contributed by atoms with E-state index in [1.54, 1.807) is 12.3 Å². The highest BCUT2D eigenvalue weighted by Gasteiger charge is 2.34. The van der Waals surface area contributed by atoms with Gasteiger partial charge in [0.1, 0.15) is 5.82 Å². The summed E-state index contributed by atoms with van der Waals surface area (Å²) in [6, 6.07) is 3.02. The maximum absolute atomic E-state index is 13.3. The first-order chi connectivity index (χ1) is 6.22. The molecule has 0 atom stereocenters. The fraction of sp³-hybridized carbons (Fsp3) is 0.500. The van der Waals surface area contributed by atoms with Crippen molar-refractivity contribution in [3.8, 4) is 0 Å². The van der Waals surface area contributed by atoms with E-state index in [1.165, 1.54) is 6.07 Å². The lowest BCUT2D eigenvalue weighted by Gasteiger charge is -2.22. The smallest absolute Gasteiger partial charge is 0.146 e. The second-order valence-corrected chi connectivity index (χ2v) is 3.70. The van der Waals surface area contributed by atoms with Crippen LogP contribution in [-0.2, 0) is 5.54 Å². The molecule has 1 fully saturated rings. The average molecular weight is 180 g/mol. The molecule has 0 spiro atoms. The SMILES string of the molecule is NC1(c2ncccc2F)CCCC1. The second-order valence-electron chi connectivity index (χ2n) is 3.70. The van der Waals surface area contributed by atoms with Crippen LogP contribution in [0.4, 0.5) is 4.39 Å². The summed E-state index contributed by atoms with van der Waals surface area (Å²) in [5, 5.41) is 0. The Morgan fingerprint density at radius 2 is 2.08 bits per heavy atom. The van der Waals surface area contributed by atoms with Crippen molar-refractivity contribution >= 4 is 0 Å². The van der Waals surface area contributed by atoms with E-state index < -0.39 is 5.54 Å². The first-order valence-electron chi connectivity index (χ1n) is 4.62. The van der Waals surface area contributed by atoms with E-state index in [-0.39, 0.29) is 5.82 Å². The Balaban J connectivity index is 2.39. The predicted octanol–water partition coefficient (Wildman–Crippen LogP) is 1.95. The lowest BCUT2D eigenvalue weighted by molar-refractivity contribution is 0.417. The third-order valence-electron chi connectivity index (χ3n) is 2.73. The largest absolute Gasteiger partial charge is 0.320 e. The third kappa shape index (κ3) is 1.44. The van der Waals surface area contributed by atoms with Crippen molar-refractivity contribution in [2.75, 3.05) is 0 Å². The fourth-order valence-corrected chi connectivity index (χ4v) is 1.99. The Bertz CT molecular complexity index is 306. The molecule has 13 heavy (non-hydrogen) atoms. The number of pyridine rings is 1. The van der Waals surface area contributed by atoms with Gasteiger partial charge in [0.15, 0.2) is 0 Å². The summed E-state index contributed by atoms with van der Waals surface area (Å²) in [6.07, 6.45) is 5.45. The van der Waals surface area contributed by atoms with Gasteiger partial charge in [-0.1, -0.05) is 12.8 Å². The summed E-state index contributed by atoms with van der Waals surface area (Å²) < 4.78 is 13.3. The first kappa shape index (κ1) is 8.63. The molecule has 1 saturated carbocycles. The van der Waals surface area contributed by atoms with E-state index in [4.69, 9.17) is 5.73 Å². The highest BCUT2D eigenvalue weighted by molar-refractivity contribution is 5.18. The standard InChI is InChI=1S/C10H13FN2/c11-8-4-3-7-13-9(8)10(12)5-1-2-6-10/h3-4,7H,1-2,5-6,12H2. The van der Waals surface area contributed by atoms with Gasteiger partial charge < -0.3 is 5.73 Å². The van der Waals surface area contributed by atoms with Crippen LogP contribution in [0.15, 0.2) is 18.3 Å². The minimum absolute atomic E-state index is 0.271. The lowest BCUT2D eigenvalue weighted by atomic mass is 9.94. The highest BCUT2D eigenvalue weighted by atomic mass is 19.1. The number of hydrogen-bond donors (Lipinski definition) is 1. The maximum atomic E-state index is 13.3. The van der Waals surface area contributed by atoms with Crippen molar-refractivity contribution in [1.29, 1.82) is 0 Å². The molecule has 0 aliphatic heterocycles. The van der Waals surface area contributed by atoms with Crippen LogP contribution in [0, 0.1) is 5.82 Å². The molecule has 1 aliphatic rings. The Hall–Kier alpha value is -0.960. The summed E-state index contributed by atoms with van der Waals surface area (Å²) >= 11 is 0. The topological polar surface area (TPSA) is 38.9 Å². The summed E-state index contributed by atoms with van der Waals surface area (Å²) in [4.78, 5) is 4.03. The monoisotopic (exact) mass is 180 g/mol. The van der Waals surface area contributed by atoms with Crippen LogP contribution in [0.5, 0.6) is 0 Å². The molecule has 2 N–H and O–H groups in total. The quantitative estimate of drug-likeness (QED) is 0.717. The zero-order valence-corrected chi connectivity index (χ0v) is 7.46. The molecule has 0 saturated heterocycles. The minimum Gasteiger partial charge on any atom is -0.320 e. The molecule has 1 aromatic rings. The number of nitrogens with two attached hydrogens (primary N) is 1. The van der Waals surface area contributed by atoms with E-state index >= 15 is 0 Å². The predicted molar refractivity (Wildman–Crippen MR) is 48.5 cm³/mol. The van der Waals surface area contributed by atoms with Gasteiger partial charge in [0.05, 0.1) is 11.2 Å². The van der Waals surface area contributed by atoms with E-state index in [1.807, 2.05) is 0 Å². The van der Waals surface area contributed by atoms with Gasteiger partial charge in [0.25, 0.3) is 0 Å². The molecule has 2 rings (SSSR count). The van der Waals surface area contributed by atoms with Crippen LogP contribution >= 0.6 is 0 Å². The Morgan fingerprint density at radius 3 is 2.69 bits per heavy atom. The van der Waals surface area contributed by atoms with Gasteiger partial charge in [0.2, 0.25) is 0 Å². The molecule has 3 heteroatoms. The van der Waals surface area contributed by atoms with Crippen molar-refractivity contribution in [2.45, 2.75) is 31.2 Å². The lowest BCUT2D eigenvalue weighted by Crippen LogP contribution is -2.35. The van der Waals surface area contributed by atoms with Gasteiger partial charge in [-0.2, -0.15) is 0 Å². The maximum Gasteiger partial charge on any atom is 0.146 e. The van der Waals surface area contributed by atoms with E-state index in [0.717, 1.165) is 25.7 Å². The molecule has 0 aromatic carbocycles. The summed E-state index contributed by atoms with van der Waals surface area (Å²) in [5.74, 6) is -0.271. The summed E-state index contributed by atoms with van der Waals surface area (Å²) in [6.45, 7) is 0. The number of nitrogens with zero attached hydrogens (tertiary/aromatic N) is 1. The van der Waals surface area contributed by atoms with E-state index in [0.29, 0.717) is 5.69 Å². The molecule has 0 unspecified atom stereocenters. The van der Waals surface area contributed by atoms with E-state index in [9.17, 15) is 4.39 Å². The average Bonchev–Trinajstić information content (AvgIpc) is 2.54. The molecule has 0 radical (unpaired) electrons. The van der Waals surface area contributed by atoms with Gasteiger partial charge in [-0.3, -0.25) is 4.98 Å². The number of rotatable bonds is 1. The molecule has 70 valence electrons. The molecule has 1 heterocycles. The van der Waals surface area contributed by atoms with Gasteiger partial charge in [-0.05, 0) is 25.0 Å². The fourth-order valence-electron chi connectivity index (χ4n) is 1.99. The molecular formula is C10H13FN2. The molecule has 0 amide bonds. The Kier molecular flexibility index (Phi) is 2.04. The van der Waals surface area contributed by atoms with Crippen molar-refractivity contribution in [3.63, 3.8) is 0 Å². The minimum atomic E-state index is -0.509. The van der Waals surface area contributed by atoms with Crippen molar-refractivity contribution in [3.05, 3.63) is 29.8 Å². The third-order valence-corrected chi connectivity index (χ3v) is 2.73. The van der Waals surface area contributed by atoms with Crippen molar-refractivity contribution in [1.82, 2.24) is 4.98 Å². The molecular weight excluding hydrogens is 167 g/mol. The van der Waals surface area contributed by atoms with Crippen LogP contribution in [-0.4, -0.2) is 4.98 Å². The molecule has 0 bridgehead atoms. The van der Waals surface area contributed by atoms with Crippen LogP contribution in [0.3, 0.4) is 0 Å². The number of aromatic nitrogens is 1. The number of hydrogen-bond acceptors (Lipinski definition) is 2. The first-order valence-corrected chi connectivity index (χ1v) is 4.62. The van der Waals surface area contributed by atoms with Gasteiger partial charge in [0, 0.05) is 6.20 Å². The van der Waals surface area contributed by atoms with Crippen molar-refractivity contribution in [2.24, 2.45) is 5.73 Å². The molecule has 1 aromatic heterocycles. The van der Waals surface area contributed by atoms with Gasteiger partial charge in [-0.25, -0.2) is 4.39 Å².